The number of amides is 1. The Hall–Kier alpha value is -1.07. The van der Waals surface area contributed by atoms with Crippen LogP contribution >= 0.6 is 15.9 Å². The zero-order valence-corrected chi connectivity index (χ0v) is 11.8. The Labute approximate surface area is 115 Å². The molecule has 0 spiro atoms. The number of carbonyl (C=O) groups is 1. The number of piperidine rings is 1. The van der Waals surface area contributed by atoms with Crippen molar-refractivity contribution in [3.8, 4) is 5.75 Å². The molecule has 98 valence electrons. The number of phenols is 1. The Bertz CT molecular complexity index is 451. The van der Waals surface area contributed by atoms with Crippen LogP contribution in [0.4, 0.5) is 0 Å². The van der Waals surface area contributed by atoms with Gasteiger partial charge in [-0.15, -0.1) is 0 Å². The summed E-state index contributed by atoms with van der Waals surface area (Å²) in [4.78, 5) is 12.1. The maximum atomic E-state index is 12.1. The van der Waals surface area contributed by atoms with Gasteiger partial charge >= 0.3 is 0 Å². The van der Waals surface area contributed by atoms with Gasteiger partial charge in [0.05, 0.1) is 5.56 Å². The van der Waals surface area contributed by atoms with Gasteiger partial charge in [-0.3, -0.25) is 4.79 Å². The molecule has 0 aromatic heterocycles. The molecule has 1 heterocycles. The summed E-state index contributed by atoms with van der Waals surface area (Å²) in [6.07, 6.45) is 2.03. The van der Waals surface area contributed by atoms with Gasteiger partial charge in [0.2, 0.25) is 0 Å². The molecule has 1 aromatic rings. The number of rotatable bonds is 2. The van der Waals surface area contributed by atoms with Crippen LogP contribution in [-0.4, -0.2) is 29.6 Å². The maximum absolute atomic E-state index is 12.1. The lowest BCUT2D eigenvalue weighted by molar-refractivity contribution is 0.0917. The van der Waals surface area contributed by atoms with E-state index in [1.807, 2.05) is 0 Å². The monoisotopic (exact) mass is 312 g/mol. The Balaban J connectivity index is 2.07. The van der Waals surface area contributed by atoms with Gasteiger partial charge in [0.1, 0.15) is 5.75 Å². The fourth-order valence-corrected chi connectivity index (χ4v) is 2.53. The van der Waals surface area contributed by atoms with Crippen molar-refractivity contribution in [1.29, 1.82) is 0 Å². The quantitative estimate of drug-likeness (QED) is 0.783. The predicted octanol–water partition coefficient (Wildman–Crippen LogP) is 2.02. The smallest absolute Gasteiger partial charge is 0.255 e. The summed E-state index contributed by atoms with van der Waals surface area (Å²) in [7, 11) is 0. The number of phenolic OH excluding ortho intramolecular Hbond substituents is 1. The average molecular weight is 313 g/mol. The lowest BCUT2D eigenvalue weighted by Gasteiger charge is -2.30. The van der Waals surface area contributed by atoms with Gasteiger partial charge < -0.3 is 15.7 Å². The van der Waals surface area contributed by atoms with Gasteiger partial charge in [-0.05, 0) is 44.5 Å². The van der Waals surface area contributed by atoms with Crippen molar-refractivity contribution in [3.63, 3.8) is 0 Å². The summed E-state index contributed by atoms with van der Waals surface area (Å²) < 4.78 is 0.754. The Morgan fingerprint density at radius 1 is 1.56 bits per heavy atom. The molecule has 5 heteroatoms. The lowest BCUT2D eigenvalue weighted by Crippen LogP contribution is -2.51. The van der Waals surface area contributed by atoms with E-state index in [0.29, 0.717) is 5.56 Å². The van der Waals surface area contributed by atoms with E-state index >= 15 is 0 Å². The summed E-state index contributed by atoms with van der Waals surface area (Å²) in [6.45, 7) is 3.06. The van der Waals surface area contributed by atoms with E-state index < -0.39 is 0 Å². The molecule has 1 amide bonds. The third-order valence-electron chi connectivity index (χ3n) is 3.28. The van der Waals surface area contributed by atoms with Gasteiger partial charge in [0.15, 0.2) is 0 Å². The standard InChI is InChI=1S/C13H17BrN2O2/c1-8-11(3-2-6-15-8)16-13(18)10-5-4-9(14)7-12(10)17/h4-5,7-8,11,15,17H,2-3,6H2,1H3,(H,16,18). The Morgan fingerprint density at radius 3 is 3.00 bits per heavy atom. The lowest BCUT2D eigenvalue weighted by atomic mass is 9.99. The van der Waals surface area contributed by atoms with E-state index in [2.05, 4.69) is 33.5 Å². The largest absolute Gasteiger partial charge is 0.507 e. The van der Waals surface area contributed by atoms with Crippen molar-refractivity contribution < 1.29 is 9.90 Å². The first kappa shape index (κ1) is 13.4. The number of aromatic hydroxyl groups is 1. The van der Waals surface area contributed by atoms with Gasteiger partial charge in [-0.2, -0.15) is 0 Å². The maximum Gasteiger partial charge on any atom is 0.255 e. The van der Waals surface area contributed by atoms with Crippen molar-refractivity contribution in [3.05, 3.63) is 28.2 Å². The van der Waals surface area contributed by atoms with Crippen LogP contribution in [-0.2, 0) is 0 Å². The molecule has 1 fully saturated rings. The van der Waals surface area contributed by atoms with Gasteiger partial charge in [0.25, 0.3) is 5.91 Å². The molecule has 1 saturated heterocycles. The summed E-state index contributed by atoms with van der Waals surface area (Å²) in [5.41, 5.74) is 0.316. The van der Waals surface area contributed by atoms with E-state index in [-0.39, 0.29) is 23.7 Å². The minimum Gasteiger partial charge on any atom is -0.507 e. The van der Waals surface area contributed by atoms with Crippen molar-refractivity contribution in [2.45, 2.75) is 31.8 Å². The molecule has 0 aliphatic carbocycles. The van der Waals surface area contributed by atoms with E-state index in [0.717, 1.165) is 23.9 Å². The number of hydrogen-bond donors (Lipinski definition) is 3. The van der Waals surface area contributed by atoms with Crippen molar-refractivity contribution in [1.82, 2.24) is 10.6 Å². The molecular weight excluding hydrogens is 296 g/mol. The first-order chi connectivity index (χ1) is 8.58. The second kappa shape index (κ2) is 5.71. The van der Waals surface area contributed by atoms with Crippen LogP contribution in [0.5, 0.6) is 5.75 Å². The van der Waals surface area contributed by atoms with Crippen LogP contribution < -0.4 is 10.6 Å². The molecule has 1 aliphatic heterocycles. The van der Waals surface area contributed by atoms with Gasteiger partial charge in [0, 0.05) is 16.6 Å². The van der Waals surface area contributed by atoms with E-state index in [1.165, 1.54) is 6.07 Å². The van der Waals surface area contributed by atoms with E-state index in [1.54, 1.807) is 12.1 Å². The molecule has 0 saturated carbocycles. The van der Waals surface area contributed by atoms with Crippen LogP contribution in [0.25, 0.3) is 0 Å². The fourth-order valence-electron chi connectivity index (χ4n) is 2.18. The van der Waals surface area contributed by atoms with Crippen molar-refractivity contribution in [2.24, 2.45) is 0 Å². The van der Waals surface area contributed by atoms with Crippen LogP contribution in [0, 0.1) is 0 Å². The third-order valence-corrected chi connectivity index (χ3v) is 3.78. The minimum absolute atomic E-state index is 0.00158. The molecule has 4 nitrogen and oxygen atoms in total. The van der Waals surface area contributed by atoms with E-state index in [4.69, 9.17) is 0 Å². The number of hydrogen-bond acceptors (Lipinski definition) is 3. The normalized spacial score (nSPS) is 23.7. The van der Waals surface area contributed by atoms with E-state index in [9.17, 15) is 9.90 Å². The molecule has 2 unspecified atom stereocenters. The number of carbonyl (C=O) groups excluding carboxylic acids is 1. The zero-order valence-electron chi connectivity index (χ0n) is 10.2. The van der Waals surface area contributed by atoms with Crippen molar-refractivity contribution >= 4 is 21.8 Å². The number of benzene rings is 1. The second-order valence-corrected chi connectivity index (χ2v) is 5.54. The van der Waals surface area contributed by atoms with Crippen molar-refractivity contribution in [2.75, 3.05) is 6.54 Å². The molecule has 18 heavy (non-hydrogen) atoms. The molecule has 1 aromatic carbocycles. The molecular formula is C13H17BrN2O2. The number of halogens is 1. The Morgan fingerprint density at radius 2 is 2.33 bits per heavy atom. The van der Waals surface area contributed by atoms with Crippen LogP contribution in [0.2, 0.25) is 0 Å². The fraction of sp³-hybridized carbons (Fsp3) is 0.462. The van der Waals surface area contributed by atoms with Crippen LogP contribution in [0.3, 0.4) is 0 Å². The van der Waals surface area contributed by atoms with Gasteiger partial charge in [-0.25, -0.2) is 0 Å². The summed E-state index contributed by atoms with van der Waals surface area (Å²) in [6, 6.07) is 5.28. The average Bonchev–Trinajstić information content (AvgIpc) is 2.32. The SMILES string of the molecule is CC1NCCCC1NC(=O)c1ccc(Br)cc1O. The molecule has 2 rings (SSSR count). The summed E-state index contributed by atoms with van der Waals surface area (Å²) in [5, 5.41) is 16.0. The topological polar surface area (TPSA) is 61.4 Å². The highest BCUT2D eigenvalue weighted by atomic mass is 79.9. The number of nitrogens with one attached hydrogen (secondary N) is 2. The molecule has 0 bridgehead atoms. The highest BCUT2D eigenvalue weighted by Gasteiger charge is 2.23. The molecule has 3 N–H and O–H groups in total. The first-order valence-electron chi connectivity index (χ1n) is 6.10. The van der Waals surface area contributed by atoms with Crippen LogP contribution in [0.15, 0.2) is 22.7 Å². The second-order valence-electron chi connectivity index (χ2n) is 4.63. The van der Waals surface area contributed by atoms with Crippen LogP contribution in [0.1, 0.15) is 30.1 Å². The summed E-state index contributed by atoms with van der Waals surface area (Å²) >= 11 is 3.25. The highest BCUT2D eigenvalue weighted by molar-refractivity contribution is 9.10. The molecule has 0 radical (unpaired) electrons. The highest BCUT2D eigenvalue weighted by Crippen LogP contribution is 2.22. The zero-order chi connectivity index (χ0) is 13.1. The summed E-state index contributed by atoms with van der Waals surface area (Å²) in [5.74, 6) is -0.223. The minimum atomic E-state index is -0.222. The Kier molecular flexibility index (Phi) is 4.24. The van der Waals surface area contributed by atoms with Gasteiger partial charge in [-0.1, -0.05) is 15.9 Å². The predicted molar refractivity (Wildman–Crippen MR) is 73.8 cm³/mol. The third kappa shape index (κ3) is 3.03. The molecule has 1 aliphatic rings. The first-order valence-corrected chi connectivity index (χ1v) is 6.90. The molecule has 2 atom stereocenters.